The predicted octanol–water partition coefficient (Wildman–Crippen LogP) is 4.00. The summed E-state index contributed by atoms with van der Waals surface area (Å²) in [7, 11) is 0. The van der Waals surface area contributed by atoms with Crippen LogP contribution in [0, 0.1) is 6.92 Å². The van der Waals surface area contributed by atoms with E-state index >= 15 is 0 Å². The Morgan fingerprint density at radius 1 is 1.50 bits per heavy atom. The van der Waals surface area contributed by atoms with Crippen molar-refractivity contribution in [3.63, 3.8) is 0 Å². The highest BCUT2D eigenvalue weighted by Gasteiger charge is 2.17. The van der Waals surface area contributed by atoms with Gasteiger partial charge < -0.3 is 9.73 Å². The zero-order valence-corrected chi connectivity index (χ0v) is 14.3. The van der Waals surface area contributed by atoms with Crippen molar-refractivity contribution in [2.45, 2.75) is 44.4 Å². The van der Waals surface area contributed by atoms with Crippen molar-refractivity contribution in [1.29, 1.82) is 0 Å². The highest BCUT2D eigenvalue weighted by Crippen LogP contribution is 2.30. The Balaban J connectivity index is 1.49. The molecule has 1 aliphatic carbocycles. The van der Waals surface area contributed by atoms with E-state index in [9.17, 15) is 4.79 Å². The summed E-state index contributed by atoms with van der Waals surface area (Å²) in [5.74, 6) is 1.46. The molecule has 0 bridgehead atoms. The maximum absolute atomic E-state index is 12.0. The summed E-state index contributed by atoms with van der Waals surface area (Å²) in [5, 5.41) is 4.55. The molecule has 1 amide bonds. The summed E-state index contributed by atoms with van der Waals surface area (Å²) < 4.78 is 5.37. The zero-order valence-electron chi connectivity index (χ0n) is 12.6. The summed E-state index contributed by atoms with van der Waals surface area (Å²) in [6.45, 7) is 2.52. The van der Waals surface area contributed by atoms with Crippen LogP contribution in [-0.2, 0) is 11.3 Å². The van der Waals surface area contributed by atoms with Crippen LogP contribution in [0.15, 0.2) is 22.8 Å². The van der Waals surface area contributed by atoms with Crippen LogP contribution < -0.4 is 5.32 Å². The van der Waals surface area contributed by atoms with Gasteiger partial charge in [-0.2, -0.15) is 0 Å². The van der Waals surface area contributed by atoms with E-state index in [1.54, 1.807) is 29.4 Å². The third kappa shape index (κ3) is 3.93. The molecule has 1 fully saturated rings. The normalized spacial score (nSPS) is 15.3. The van der Waals surface area contributed by atoms with E-state index < -0.39 is 0 Å². The van der Waals surface area contributed by atoms with Gasteiger partial charge in [-0.1, -0.05) is 12.8 Å². The third-order valence-corrected chi connectivity index (χ3v) is 6.37. The Kier molecular flexibility index (Phi) is 5.20. The number of hydrogen-bond donors (Lipinski definition) is 1. The van der Waals surface area contributed by atoms with E-state index in [4.69, 9.17) is 4.42 Å². The molecule has 0 aliphatic heterocycles. The van der Waals surface area contributed by atoms with Crippen LogP contribution in [0.2, 0.25) is 0 Å². The van der Waals surface area contributed by atoms with Crippen LogP contribution in [0.5, 0.6) is 0 Å². The van der Waals surface area contributed by atoms with Gasteiger partial charge in [0, 0.05) is 10.1 Å². The molecule has 4 nitrogen and oxygen atoms in total. The van der Waals surface area contributed by atoms with E-state index in [0.29, 0.717) is 17.5 Å². The van der Waals surface area contributed by atoms with Crippen molar-refractivity contribution >= 4 is 29.0 Å². The van der Waals surface area contributed by atoms with Crippen LogP contribution >= 0.6 is 23.1 Å². The fourth-order valence-corrected chi connectivity index (χ4v) is 4.70. The number of rotatable bonds is 6. The number of aryl methyl sites for hydroxylation is 1. The molecule has 0 aromatic carbocycles. The molecule has 1 aliphatic rings. The molecule has 0 saturated heterocycles. The highest BCUT2D eigenvalue weighted by molar-refractivity contribution is 8.00. The van der Waals surface area contributed by atoms with Crippen molar-refractivity contribution in [2.75, 3.05) is 5.75 Å². The van der Waals surface area contributed by atoms with Crippen LogP contribution in [0.1, 0.15) is 36.3 Å². The molecule has 22 heavy (non-hydrogen) atoms. The Labute approximate surface area is 138 Å². The van der Waals surface area contributed by atoms with E-state index in [-0.39, 0.29) is 5.91 Å². The lowest BCUT2D eigenvalue weighted by atomic mass is 10.4. The van der Waals surface area contributed by atoms with Crippen LogP contribution in [0.4, 0.5) is 0 Å². The predicted molar refractivity (Wildman–Crippen MR) is 91.1 cm³/mol. The first-order valence-electron chi connectivity index (χ1n) is 7.61. The molecule has 1 saturated carbocycles. The Hall–Kier alpha value is -1.27. The topological polar surface area (TPSA) is 55.1 Å². The molecule has 0 radical (unpaired) electrons. The standard InChI is InChI=1S/C16H20N2O2S2/c1-11-14(22-16(18-11)13-7-4-8-20-13)9-17-15(19)10-21-12-5-2-3-6-12/h4,7-8,12H,2-3,5-6,9-10H2,1H3,(H,17,19). The molecule has 1 N–H and O–H groups in total. The fourth-order valence-electron chi connectivity index (χ4n) is 2.58. The third-order valence-electron chi connectivity index (χ3n) is 3.82. The minimum Gasteiger partial charge on any atom is -0.462 e. The lowest BCUT2D eigenvalue weighted by Gasteiger charge is -2.08. The van der Waals surface area contributed by atoms with Crippen LogP contribution in [0.3, 0.4) is 0 Å². The van der Waals surface area contributed by atoms with E-state index in [2.05, 4.69) is 10.3 Å². The largest absolute Gasteiger partial charge is 0.462 e. The number of nitrogens with zero attached hydrogens (tertiary/aromatic N) is 1. The number of hydrogen-bond acceptors (Lipinski definition) is 5. The lowest BCUT2D eigenvalue weighted by molar-refractivity contribution is -0.118. The molecule has 2 aromatic rings. The van der Waals surface area contributed by atoms with Gasteiger partial charge in [-0.15, -0.1) is 23.1 Å². The average molecular weight is 336 g/mol. The van der Waals surface area contributed by atoms with Gasteiger partial charge in [0.15, 0.2) is 10.8 Å². The summed E-state index contributed by atoms with van der Waals surface area (Å²) in [5.41, 5.74) is 0.958. The van der Waals surface area contributed by atoms with Gasteiger partial charge in [-0.3, -0.25) is 4.79 Å². The number of carbonyl (C=O) groups is 1. The molecule has 2 aromatic heterocycles. The van der Waals surface area contributed by atoms with Crippen molar-refractivity contribution in [2.24, 2.45) is 0 Å². The average Bonchev–Trinajstić information content (AvgIpc) is 3.24. The number of amides is 1. The van der Waals surface area contributed by atoms with E-state index in [1.807, 2.05) is 19.1 Å². The molecule has 2 heterocycles. The number of thiazole rings is 1. The number of furan rings is 1. The first-order chi connectivity index (χ1) is 10.7. The van der Waals surface area contributed by atoms with Gasteiger partial charge in [-0.25, -0.2) is 4.98 Å². The molecule has 0 atom stereocenters. The van der Waals surface area contributed by atoms with Gasteiger partial charge in [0.2, 0.25) is 5.91 Å². The van der Waals surface area contributed by atoms with Gasteiger partial charge >= 0.3 is 0 Å². The Morgan fingerprint density at radius 2 is 2.32 bits per heavy atom. The monoisotopic (exact) mass is 336 g/mol. The minimum atomic E-state index is 0.115. The number of aromatic nitrogens is 1. The van der Waals surface area contributed by atoms with Crippen molar-refractivity contribution < 1.29 is 9.21 Å². The molecule has 6 heteroatoms. The van der Waals surface area contributed by atoms with E-state index in [0.717, 1.165) is 21.3 Å². The smallest absolute Gasteiger partial charge is 0.230 e. The first kappa shape index (κ1) is 15.6. The van der Waals surface area contributed by atoms with Gasteiger partial charge in [-0.05, 0) is 31.9 Å². The molecular weight excluding hydrogens is 316 g/mol. The molecule has 0 unspecified atom stereocenters. The molecular formula is C16H20N2O2S2. The van der Waals surface area contributed by atoms with Gasteiger partial charge in [0.1, 0.15) is 0 Å². The van der Waals surface area contributed by atoms with Gasteiger partial charge in [0.05, 0.1) is 24.3 Å². The Bertz CT molecular complexity index is 616. The maximum atomic E-state index is 12.0. The first-order valence-corrected chi connectivity index (χ1v) is 9.47. The lowest BCUT2D eigenvalue weighted by Crippen LogP contribution is -2.25. The van der Waals surface area contributed by atoms with Crippen molar-refractivity contribution in [3.8, 4) is 10.8 Å². The van der Waals surface area contributed by atoms with Crippen molar-refractivity contribution in [3.05, 3.63) is 29.0 Å². The second-order valence-corrected chi connectivity index (χ2v) is 7.87. The van der Waals surface area contributed by atoms with Crippen molar-refractivity contribution in [1.82, 2.24) is 10.3 Å². The quantitative estimate of drug-likeness (QED) is 0.866. The number of carbonyl (C=O) groups excluding carboxylic acids is 1. The number of nitrogens with one attached hydrogen (secondary N) is 1. The van der Waals surface area contributed by atoms with E-state index in [1.165, 1.54) is 25.7 Å². The molecule has 118 valence electrons. The van der Waals surface area contributed by atoms with Crippen LogP contribution in [0.25, 0.3) is 10.8 Å². The minimum absolute atomic E-state index is 0.115. The maximum Gasteiger partial charge on any atom is 0.230 e. The Morgan fingerprint density at radius 3 is 3.05 bits per heavy atom. The number of thioether (sulfide) groups is 1. The summed E-state index contributed by atoms with van der Waals surface area (Å²) in [6.07, 6.45) is 6.80. The fraction of sp³-hybridized carbons (Fsp3) is 0.500. The zero-order chi connectivity index (χ0) is 15.4. The van der Waals surface area contributed by atoms with Gasteiger partial charge in [0.25, 0.3) is 0 Å². The summed E-state index contributed by atoms with van der Waals surface area (Å²) >= 11 is 3.37. The SMILES string of the molecule is Cc1nc(-c2ccco2)sc1CNC(=O)CSC1CCCC1. The second-order valence-electron chi connectivity index (χ2n) is 5.50. The second kappa shape index (κ2) is 7.33. The van der Waals surface area contributed by atoms with Crippen LogP contribution in [-0.4, -0.2) is 21.9 Å². The summed E-state index contributed by atoms with van der Waals surface area (Å²) in [6, 6.07) is 3.76. The molecule has 3 rings (SSSR count). The molecule has 0 spiro atoms. The highest BCUT2D eigenvalue weighted by atomic mass is 32.2. The summed E-state index contributed by atoms with van der Waals surface area (Å²) in [4.78, 5) is 17.6.